The average Bonchev–Trinajstić information content (AvgIpc) is 2.59. The van der Waals surface area contributed by atoms with Crippen LogP contribution in [0.25, 0.3) is 0 Å². The molecule has 26 heavy (non-hydrogen) atoms. The highest BCUT2D eigenvalue weighted by Gasteiger charge is 2.34. The Morgan fingerprint density at radius 1 is 1.27 bits per heavy atom. The zero-order valence-electron chi connectivity index (χ0n) is 14.4. The number of ether oxygens (including phenoxy) is 1. The quantitative estimate of drug-likeness (QED) is 0.883. The fraction of sp³-hybridized carbons (Fsp3) is 0.278. The fourth-order valence-corrected chi connectivity index (χ4v) is 3.62. The van der Waals surface area contributed by atoms with Crippen molar-refractivity contribution in [2.24, 2.45) is 0 Å². The Kier molecular flexibility index (Phi) is 4.86. The van der Waals surface area contributed by atoms with Crippen LogP contribution in [0.15, 0.2) is 42.5 Å². The number of carbonyl (C=O) groups excluding carboxylic acids is 1. The molecule has 2 aromatic rings. The first-order chi connectivity index (χ1) is 12.2. The van der Waals surface area contributed by atoms with Gasteiger partial charge in [0.25, 0.3) is 5.91 Å². The molecule has 0 saturated heterocycles. The second kappa shape index (κ2) is 6.95. The van der Waals surface area contributed by atoms with Gasteiger partial charge >= 0.3 is 0 Å². The Labute approximate surface area is 151 Å². The van der Waals surface area contributed by atoms with E-state index in [1.807, 2.05) is 6.92 Å². The van der Waals surface area contributed by atoms with Gasteiger partial charge in [0, 0.05) is 6.54 Å². The lowest BCUT2D eigenvalue weighted by Gasteiger charge is -2.34. The number of anilines is 1. The number of halogens is 1. The van der Waals surface area contributed by atoms with E-state index in [1.165, 1.54) is 16.4 Å². The van der Waals surface area contributed by atoms with Crippen molar-refractivity contribution in [3.05, 3.63) is 59.4 Å². The molecular weight excluding hydrogens is 359 g/mol. The standard InChI is InChI=1S/C18H19FN2O4S/c1-12-3-8-16-15(9-12)21(26(2,23)24)11-17(25-16)18(22)20-10-13-4-6-14(19)7-5-13/h3-9,17H,10-11H2,1-2H3,(H,20,22). The topological polar surface area (TPSA) is 75.7 Å². The van der Waals surface area contributed by atoms with Crippen LogP contribution in [0.5, 0.6) is 5.75 Å². The number of benzene rings is 2. The van der Waals surface area contributed by atoms with E-state index < -0.39 is 22.0 Å². The highest BCUT2D eigenvalue weighted by atomic mass is 32.2. The molecule has 2 aromatic carbocycles. The van der Waals surface area contributed by atoms with E-state index in [9.17, 15) is 17.6 Å². The molecule has 0 fully saturated rings. The molecule has 1 heterocycles. The largest absolute Gasteiger partial charge is 0.476 e. The molecule has 1 aliphatic rings. The Morgan fingerprint density at radius 3 is 2.62 bits per heavy atom. The SMILES string of the molecule is Cc1ccc2c(c1)N(S(C)(=O)=O)CC(C(=O)NCc1ccc(F)cc1)O2. The zero-order chi connectivity index (χ0) is 18.9. The summed E-state index contributed by atoms with van der Waals surface area (Å²) in [5.74, 6) is -0.449. The van der Waals surface area contributed by atoms with E-state index in [1.54, 1.807) is 30.3 Å². The molecule has 0 spiro atoms. The first-order valence-corrected chi connectivity index (χ1v) is 9.86. The summed E-state index contributed by atoms with van der Waals surface area (Å²) in [6.45, 7) is 1.94. The summed E-state index contributed by atoms with van der Waals surface area (Å²) in [7, 11) is -3.56. The molecule has 1 aliphatic heterocycles. The lowest BCUT2D eigenvalue weighted by molar-refractivity contribution is -0.127. The van der Waals surface area contributed by atoms with E-state index in [2.05, 4.69) is 5.32 Å². The van der Waals surface area contributed by atoms with Crippen LogP contribution < -0.4 is 14.4 Å². The molecule has 138 valence electrons. The number of carbonyl (C=O) groups is 1. The van der Waals surface area contributed by atoms with Gasteiger partial charge in [-0.2, -0.15) is 0 Å². The Bertz CT molecular complexity index is 929. The van der Waals surface area contributed by atoms with Gasteiger partial charge in [0.05, 0.1) is 18.5 Å². The maximum absolute atomic E-state index is 12.9. The van der Waals surface area contributed by atoms with Crippen molar-refractivity contribution in [1.29, 1.82) is 0 Å². The molecule has 1 atom stereocenters. The number of amides is 1. The fourth-order valence-electron chi connectivity index (χ4n) is 2.72. The van der Waals surface area contributed by atoms with Crippen molar-refractivity contribution >= 4 is 21.6 Å². The molecule has 1 unspecified atom stereocenters. The summed E-state index contributed by atoms with van der Waals surface area (Å²) in [6, 6.07) is 10.9. The highest BCUT2D eigenvalue weighted by molar-refractivity contribution is 7.92. The van der Waals surface area contributed by atoms with E-state index in [-0.39, 0.29) is 18.9 Å². The predicted octanol–water partition coefficient (Wildman–Crippen LogP) is 1.98. The number of nitrogens with one attached hydrogen (secondary N) is 1. The summed E-state index contributed by atoms with van der Waals surface area (Å²) in [6.07, 6.45) is 0.123. The van der Waals surface area contributed by atoms with Crippen molar-refractivity contribution < 1.29 is 22.3 Å². The number of fused-ring (bicyclic) bond motifs is 1. The van der Waals surface area contributed by atoms with Gasteiger partial charge < -0.3 is 10.1 Å². The molecule has 0 bridgehead atoms. The normalized spacial score (nSPS) is 16.6. The molecule has 0 saturated carbocycles. The average molecular weight is 378 g/mol. The first-order valence-electron chi connectivity index (χ1n) is 8.01. The number of sulfonamides is 1. The third-order valence-corrected chi connectivity index (χ3v) is 5.20. The van der Waals surface area contributed by atoms with Gasteiger partial charge in [0.15, 0.2) is 6.10 Å². The van der Waals surface area contributed by atoms with Crippen LogP contribution in [0.1, 0.15) is 11.1 Å². The summed E-state index contributed by atoms with van der Waals surface area (Å²) < 4.78 is 44.1. The van der Waals surface area contributed by atoms with Gasteiger partial charge in [-0.15, -0.1) is 0 Å². The smallest absolute Gasteiger partial charge is 0.263 e. The van der Waals surface area contributed by atoms with Crippen molar-refractivity contribution in [2.45, 2.75) is 19.6 Å². The molecule has 3 rings (SSSR count). The monoisotopic (exact) mass is 378 g/mol. The summed E-state index contributed by atoms with van der Waals surface area (Å²) in [4.78, 5) is 12.5. The molecular formula is C18H19FN2O4S. The molecule has 8 heteroatoms. The van der Waals surface area contributed by atoms with E-state index in [4.69, 9.17) is 4.74 Å². The van der Waals surface area contributed by atoms with Gasteiger partial charge in [-0.3, -0.25) is 9.10 Å². The Hall–Kier alpha value is -2.61. The van der Waals surface area contributed by atoms with Gasteiger partial charge in [-0.1, -0.05) is 18.2 Å². The van der Waals surface area contributed by atoms with Gasteiger partial charge in [-0.05, 0) is 42.3 Å². The predicted molar refractivity (Wildman–Crippen MR) is 96.0 cm³/mol. The number of hydrogen-bond donors (Lipinski definition) is 1. The van der Waals surface area contributed by atoms with Crippen molar-refractivity contribution in [1.82, 2.24) is 5.32 Å². The Balaban J connectivity index is 1.77. The van der Waals surface area contributed by atoms with Crippen molar-refractivity contribution in [3.63, 3.8) is 0 Å². The second-order valence-corrected chi connectivity index (χ2v) is 8.12. The lowest BCUT2D eigenvalue weighted by Crippen LogP contribution is -2.50. The molecule has 0 aromatic heterocycles. The molecule has 1 N–H and O–H groups in total. The van der Waals surface area contributed by atoms with Crippen LogP contribution in [-0.4, -0.2) is 33.2 Å². The third kappa shape index (κ3) is 3.96. The van der Waals surface area contributed by atoms with E-state index in [0.29, 0.717) is 11.4 Å². The molecule has 1 amide bonds. The van der Waals surface area contributed by atoms with E-state index >= 15 is 0 Å². The van der Waals surface area contributed by atoms with Crippen LogP contribution in [0.4, 0.5) is 10.1 Å². The van der Waals surface area contributed by atoms with Crippen LogP contribution >= 0.6 is 0 Å². The summed E-state index contributed by atoms with van der Waals surface area (Å²) in [5.41, 5.74) is 2.04. The molecule has 0 radical (unpaired) electrons. The van der Waals surface area contributed by atoms with Crippen molar-refractivity contribution in [3.8, 4) is 5.75 Å². The molecule has 0 aliphatic carbocycles. The maximum atomic E-state index is 12.9. The van der Waals surface area contributed by atoms with Crippen LogP contribution in [0, 0.1) is 12.7 Å². The maximum Gasteiger partial charge on any atom is 0.263 e. The van der Waals surface area contributed by atoms with E-state index in [0.717, 1.165) is 17.4 Å². The minimum absolute atomic E-state index is 0.107. The minimum Gasteiger partial charge on any atom is -0.476 e. The van der Waals surface area contributed by atoms with Crippen LogP contribution in [0.3, 0.4) is 0 Å². The van der Waals surface area contributed by atoms with Gasteiger partial charge in [-0.25, -0.2) is 12.8 Å². The second-order valence-electron chi connectivity index (χ2n) is 6.22. The summed E-state index contributed by atoms with van der Waals surface area (Å²) >= 11 is 0. The van der Waals surface area contributed by atoms with Crippen LogP contribution in [0.2, 0.25) is 0 Å². The van der Waals surface area contributed by atoms with Crippen molar-refractivity contribution in [2.75, 3.05) is 17.1 Å². The number of hydrogen-bond acceptors (Lipinski definition) is 4. The third-order valence-electron chi connectivity index (χ3n) is 4.06. The van der Waals surface area contributed by atoms with Crippen LogP contribution in [-0.2, 0) is 21.4 Å². The number of nitrogens with zero attached hydrogens (tertiary/aromatic N) is 1. The zero-order valence-corrected chi connectivity index (χ0v) is 15.2. The lowest BCUT2D eigenvalue weighted by atomic mass is 10.1. The number of rotatable bonds is 4. The number of aryl methyl sites for hydroxylation is 1. The van der Waals surface area contributed by atoms with Gasteiger partial charge in [0.2, 0.25) is 10.0 Å². The Morgan fingerprint density at radius 2 is 1.96 bits per heavy atom. The summed E-state index contributed by atoms with van der Waals surface area (Å²) in [5, 5.41) is 2.69. The highest BCUT2D eigenvalue weighted by Crippen LogP contribution is 2.35. The van der Waals surface area contributed by atoms with Gasteiger partial charge in [0.1, 0.15) is 11.6 Å². The minimum atomic E-state index is -3.56. The first kappa shape index (κ1) is 18.2. The molecule has 6 nitrogen and oxygen atoms in total.